The van der Waals surface area contributed by atoms with Crippen LogP contribution >= 0.6 is 0 Å². The molecule has 2 N–H and O–H groups in total. The Morgan fingerprint density at radius 2 is 2.19 bits per heavy atom. The number of aliphatic imine (C=N–C) groups is 1. The summed E-state index contributed by atoms with van der Waals surface area (Å²) in [6.07, 6.45) is 2.58. The van der Waals surface area contributed by atoms with E-state index < -0.39 is 0 Å². The van der Waals surface area contributed by atoms with Crippen LogP contribution in [0.2, 0.25) is 0 Å². The lowest BCUT2D eigenvalue weighted by Gasteiger charge is -2.12. The van der Waals surface area contributed by atoms with Crippen molar-refractivity contribution < 1.29 is 8.81 Å². The summed E-state index contributed by atoms with van der Waals surface area (Å²) in [5, 5.41) is 15.3. The van der Waals surface area contributed by atoms with E-state index in [0.29, 0.717) is 24.6 Å². The number of aromatic nitrogens is 3. The molecule has 3 rings (SSSR count). The van der Waals surface area contributed by atoms with Gasteiger partial charge in [-0.1, -0.05) is 6.92 Å². The fourth-order valence-corrected chi connectivity index (χ4v) is 2.83. The molecule has 0 saturated carbocycles. The third kappa shape index (κ3) is 3.84. The van der Waals surface area contributed by atoms with Crippen molar-refractivity contribution in [2.24, 2.45) is 4.99 Å². The monoisotopic (exact) mass is 358 g/mol. The van der Waals surface area contributed by atoms with Crippen molar-refractivity contribution in [3.8, 4) is 0 Å². The second kappa shape index (κ2) is 7.99. The third-order valence-corrected chi connectivity index (χ3v) is 4.29. The Morgan fingerprint density at radius 1 is 1.35 bits per heavy atom. The van der Waals surface area contributed by atoms with Gasteiger partial charge in [-0.15, -0.1) is 10.2 Å². The van der Waals surface area contributed by atoms with E-state index in [0.717, 1.165) is 35.5 Å². The van der Waals surface area contributed by atoms with Crippen LogP contribution in [-0.2, 0) is 19.5 Å². The molecule has 3 aromatic rings. The summed E-state index contributed by atoms with van der Waals surface area (Å²) in [5.41, 5.74) is 1.61. The molecular formula is C18H23FN6O. The van der Waals surface area contributed by atoms with Gasteiger partial charge < -0.3 is 19.6 Å². The maximum absolute atomic E-state index is 13.4. The number of guanidine groups is 1. The first-order chi connectivity index (χ1) is 12.6. The maximum Gasteiger partial charge on any atom is 0.191 e. The second-order valence-electron chi connectivity index (χ2n) is 5.94. The number of fused-ring (bicyclic) bond motifs is 1. The highest BCUT2D eigenvalue weighted by atomic mass is 19.1. The van der Waals surface area contributed by atoms with Gasteiger partial charge in [-0.3, -0.25) is 4.99 Å². The van der Waals surface area contributed by atoms with Crippen LogP contribution in [0.4, 0.5) is 4.39 Å². The first-order valence-electron chi connectivity index (χ1n) is 8.61. The second-order valence-corrected chi connectivity index (χ2v) is 5.94. The van der Waals surface area contributed by atoms with E-state index in [9.17, 15) is 4.39 Å². The summed E-state index contributed by atoms with van der Waals surface area (Å²) in [4.78, 5) is 4.21. The summed E-state index contributed by atoms with van der Waals surface area (Å²) < 4.78 is 21.2. The molecule has 138 valence electrons. The van der Waals surface area contributed by atoms with Crippen molar-refractivity contribution in [3.05, 3.63) is 47.5 Å². The highest BCUT2D eigenvalue weighted by molar-refractivity contribution is 5.83. The van der Waals surface area contributed by atoms with Gasteiger partial charge in [0.05, 0.1) is 6.54 Å². The number of furan rings is 1. The lowest BCUT2D eigenvalue weighted by Crippen LogP contribution is -2.38. The van der Waals surface area contributed by atoms with Gasteiger partial charge in [-0.25, -0.2) is 4.39 Å². The first kappa shape index (κ1) is 17.9. The van der Waals surface area contributed by atoms with Crippen molar-refractivity contribution in [2.45, 2.75) is 33.4 Å². The van der Waals surface area contributed by atoms with E-state index in [-0.39, 0.29) is 5.82 Å². The maximum atomic E-state index is 13.4. The molecule has 0 aliphatic carbocycles. The topological polar surface area (TPSA) is 80.3 Å². The van der Waals surface area contributed by atoms with E-state index in [2.05, 4.69) is 32.7 Å². The van der Waals surface area contributed by atoms with Crippen LogP contribution in [0.3, 0.4) is 0 Å². The summed E-state index contributed by atoms with van der Waals surface area (Å²) in [6.45, 7) is 5.89. The van der Waals surface area contributed by atoms with Crippen molar-refractivity contribution in [3.63, 3.8) is 0 Å². The van der Waals surface area contributed by atoms with Gasteiger partial charge in [-0.05, 0) is 25.1 Å². The zero-order valence-corrected chi connectivity index (χ0v) is 15.2. The lowest BCUT2D eigenvalue weighted by atomic mass is 10.1. The van der Waals surface area contributed by atoms with Gasteiger partial charge in [0, 0.05) is 37.5 Å². The fourth-order valence-electron chi connectivity index (χ4n) is 2.83. The number of benzene rings is 1. The van der Waals surface area contributed by atoms with Crippen molar-refractivity contribution in [1.29, 1.82) is 0 Å². The molecule has 0 aliphatic rings. The SMILES string of the molecule is CCc1nncn1CCNC(=NC)NCc1oc2ccc(F)cc2c1C. The molecule has 2 aromatic heterocycles. The Hall–Kier alpha value is -2.90. The van der Waals surface area contributed by atoms with Crippen LogP contribution < -0.4 is 10.6 Å². The number of hydrogen-bond acceptors (Lipinski definition) is 4. The molecule has 8 heteroatoms. The van der Waals surface area contributed by atoms with Crippen LogP contribution in [0.25, 0.3) is 11.0 Å². The summed E-state index contributed by atoms with van der Waals surface area (Å²) in [6, 6.07) is 4.55. The number of aryl methyl sites for hydroxylation is 2. The summed E-state index contributed by atoms with van der Waals surface area (Å²) in [7, 11) is 1.71. The number of hydrogen-bond donors (Lipinski definition) is 2. The van der Waals surface area contributed by atoms with Crippen LogP contribution in [0.15, 0.2) is 33.9 Å². The minimum absolute atomic E-state index is 0.265. The Kier molecular flexibility index (Phi) is 5.50. The number of nitrogens with one attached hydrogen (secondary N) is 2. The molecule has 0 radical (unpaired) electrons. The molecule has 0 atom stereocenters. The quantitative estimate of drug-likeness (QED) is 0.522. The molecule has 26 heavy (non-hydrogen) atoms. The molecule has 0 amide bonds. The fraction of sp³-hybridized carbons (Fsp3) is 0.389. The summed E-state index contributed by atoms with van der Waals surface area (Å²) in [5.74, 6) is 2.13. The van der Waals surface area contributed by atoms with E-state index in [1.807, 2.05) is 11.5 Å². The molecule has 7 nitrogen and oxygen atoms in total. The summed E-state index contributed by atoms with van der Waals surface area (Å²) >= 11 is 0. The lowest BCUT2D eigenvalue weighted by molar-refractivity contribution is 0.533. The highest BCUT2D eigenvalue weighted by Crippen LogP contribution is 2.25. The van der Waals surface area contributed by atoms with Crippen LogP contribution in [0, 0.1) is 12.7 Å². The number of nitrogens with zero attached hydrogens (tertiary/aromatic N) is 4. The minimum atomic E-state index is -0.265. The normalized spacial score (nSPS) is 11.9. The Bertz CT molecular complexity index is 914. The average molecular weight is 358 g/mol. The van der Waals surface area contributed by atoms with Crippen molar-refractivity contribution >= 4 is 16.9 Å². The smallest absolute Gasteiger partial charge is 0.191 e. The van der Waals surface area contributed by atoms with Gasteiger partial charge in [0.15, 0.2) is 5.96 Å². The van der Waals surface area contributed by atoms with Gasteiger partial charge in [-0.2, -0.15) is 0 Å². The van der Waals surface area contributed by atoms with Gasteiger partial charge in [0.1, 0.15) is 29.3 Å². The van der Waals surface area contributed by atoms with E-state index in [1.54, 1.807) is 19.4 Å². The first-order valence-corrected chi connectivity index (χ1v) is 8.61. The number of halogens is 1. The predicted molar refractivity (Wildman–Crippen MR) is 98.5 cm³/mol. The molecule has 0 bridgehead atoms. The molecule has 2 heterocycles. The standard InChI is InChI=1S/C18H23FN6O/c1-4-17-24-23-11-25(17)8-7-21-18(20-3)22-10-16-12(2)14-9-13(19)5-6-15(14)26-16/h5-6,9,11H,4,7-8,10H2,1-3H3,(H2,20,21,22). The third-order valence-electron chi connectivity index (χ3n) is 4.29. The van der Waals surface area contributed by atoms with Crippen molar-refractivity contribution in [2.75, 3.05) is 13.6 Å². The van der Waals surface area contributed by atoms with Crippen LogP contribution in [0.5, 0.6) is 0 Å². The van der Waals surface area contributed by atoms with E-state index >= 15 is 0 Å². The Morgan fingerprint density at radius 3 is 2.96 bits per heavy atom. The predicted octanol–water partition coefficient (Wildman–Crippen LogP) is 2.40. The van der Waals surface area contributed by atoms with Crippen LogP contribution in [0.1, 0.15) is 24.1 Å². The van der Waals surface area contributed by atoms with Crippen LogP contribution in [-0.4, -0.2) is 34.3 Å². The van der Waals surface area contributed by atoms with Gasteiger partial charge in [0.2, 0.25) is 0 Å². The molecule has 0 spiro atoms. The highest BCUT2D eigenvalue weighted by Gasteiger charge is 2.11. The van der Waals surface area contributed by atoms with Crippen molar-refractivity contribution in [1.82, 2.24) is 25.4 Å². The van der Waals surface area contributed by atoms with Gasteiger partial charge in [0.25, 0.3) is 0 Å². The minimum Gasteiger partial charge on any atom is -0.459 e. The molecule has 0 aliphatic heterocycles. The zero-order chi connectivity index (χ0) is 18.5. The Labute approximate surface area is 151 Å². The molecule has 0 fully saturated rings. The number of rotatable bonds is 6. The van der Waals surface area contributed by atoms with E-state index in [4.69, 9.17) is 4.42 Å². The molecular weight excluding hydrogens is 335 g/mol. The average Bonchev–Trinajstić information content (AvgIpc) is 3.22. The Balaban J connectivity index is 1.57. The molecule has 0 unspecified atom stereocenters. The largest absolute Gasteiger partial charge is 0.459 e. The zero-order valence-electron chi connectivity index (χ0n) is 15.2. The molecule has 0 saturated heterocycles. The van der Waals surface area contributed by atoms with Gasteiger partial charge >= 0.3 is 0 Å². The van der Waals surface area contributed by atoms with E-state index in [1.165, 1.54) is 12.1 Å². The molecule has 1 aromatic carbocycles.